The predicted octanol–water partition coefficient (Wildman–Crippen LogP) is 3.89. The Kier molecular flexibility index (Phi) is 2.65. The van der Waals surface area contributed by atoms with Gasteiger partial charge in [0.25, 0.3) is 5.78 Å². The number of carbonyl (C=O) groups is 1. The first-order chi connectivity index (χ1) is 7.91. The molecule has 0 aromatic heterocycles. The number of benzene rings is 2. The average Bonchev–Trinajstić information content (AvgIpc) is 2.27. The van der Waals surface area contributed by atoms with Gasteiger partial charge in [-0.2, -0.15) is 13.2 Å². The number of carbonyl (C=O) groups excluding carboxylic acids is 1. The average molecular weight is 238 g/mol. The van der Waals surface area contributed by atoms with Gasteiger partial charge in [0.15, 0.2) is 0 Å². The Morgan fingerprint density at radius 1 is 1.06 bits per heavy atom. The molecule has 0 fully saturated rings. The first-order valence-electron chi connectivity index (χ1n) is 5.01. The van der Waals surface area contributed by atoms with Crippen LogP contribution < -0.4 is 0 Å². The maximum atomic E-state index is 12.5. The Balaban J connectivity index is 2.76. The van der Waals surface area contributed by atoms with Gasteiger partial charge in [0.2, 0.25) is 0 Å². The number of Topliss-reactive ketones (excluding diaryl/α,β-unsaturated/α-hetero) is 1. The van der Waals surface area contributed by atoms with Crippen molar-refractivity contribution < 1.29 is 18.0 Å². The van der Waals surface area contributed by atoms with E-state index in [1.54, 1.807) is 24.3 Å². The van der Waals surface area contributed by atoms with E-state index in [4.69, 9.17) is 0 Å². The Morgan fingerprint density at radius 3 is 2.35 bits per heavy atom. The normalized spacial score (nSPS) is 11.8. The van der Waals surface area contributed by atoms with Crippen LogP contribution in [-0.2, 0) is 0 Å². The standard InChI is InChI=1S/C13H9F3O/c1-8-6-7-9-4-2-3-5-10(9)11(8)12(17)13(14,15)16/h2-7H,1H3. The SMILES string of the molecule is Cc1ccc2ccccc2c1C(=O)C(F)(F)F. The molecule has 0 aliphatic rings. The monoisotopic (exact) mass is 238 g/mol. The van der Waals surface area contributed by atoms with Gasteiger partial charge in [0.05, 0.1) is 0 Å². The van der Waals surface area contributed by atoms with Crippen LogP contribution in [0.4, 0.5) is 13.2 Å². The Hall–Kier alpha value is -1.84. The number of ketones is 1. The molecule has 0 saturated heterocycles. The third kappa shape index (κ3) is 2.02. The van der Waals surface area contributed by atoms with Crippen molar-refractivity contribution >= 4 is 16.6 Å². The Morgan fingerprint density at radius 2 is 1.71 bits per heavy atom. The first-order valence-corrected chi connectivity index (χ1v) is 5.01. The molecule has 0 radical (unpaired) electrons. The van der Waals surface area contributed by atoms with Gasteiger partial charge in [-0.1, -0.05) is 36.4 Å². The van der Waals surface area contributed by atoms with Crippen molar-refractivity contribution in [2.24, 2.45) is 0 Å². The van der Waals surface area contributed by atoms with E-state index in [9.17, 15) is 18.0 Å². The number of halogens is 3. The van der Waals surface area contributed by atoms with Crippen LogP contribution in [0.2, 0.25) is 0 Å². The second-order valence-corrected chi connectivity index (χ2v) is 3.81. The number of alkyl halides is 3. The number of rotatable bonds is 1. The van der Waals surface area contributed by atoms with Crippen LogP contribution in [-0.4, -0.2) is 12.0 Å². The van der Waals surface area contributed by atoms with Crippen molar-refractivity contribution in [1.82, 2.24) is 0 Å². The molecule has 0 heterocycles. The highest BCUT2D eigenvalue weighted by atomic mass is 19.4. The van der Waals surface area contributed by atoms with Gasteiger partial charge < -0.3 is 0 Å². The van der Waals surface area contributed by atoms with E-state index in [1.807, 2.05) is 0 Å². The zero-order valence-corrected chi connectivity index (χ0v) is 9.01. The van der Waals surface area contributed by atoms with Gasteiger partial charge in [-0.3, -0.25) is 4.79 Å². The molecule has 0 amide bonds. The predicted molar refractivity (Wildman–Crippen MR) is 59.1 cm³/mol. The number of hydrogen-bond acceptors (Lipinski definition) is 1. The molecule has 0 N–H and O–H groups in total. The minimum absolute atomic E-state index is 0.254. The summed E-state index contributed by atoms with van der Waals surface area (Å²) in [5.74, 6) is -1.79. The Labute approximate surface area is 95.9 Å². The topological polar surface area (TPSA) is 17.1 Å². The number of hydrogen-bond donors (Lipinski definition) is 0. The van der Waals surface area contributed by atoms with Crippen molar-refractivity contribution in [3.8, 4) is 0 Å². The summed E-state index contributed by atoms with van der Waals surface area (Å²) in [6.07, 6.45) is -4.84. The second-order valence-electron chi connectivity index (χ2n) is 3.81. The maximum absolute atomic E-state index is 12.5. The number of aryl methyl sites for hydroxylation is 1. The summed E-state index contributed by atoms with van der Waals surface area (Å²) < 4.78 is 37.5. The summed E-state index contributed by atoms with van der Waals surface area (Å²) >= 11 is 0. The van der Waals surface area contributed by atoms with Crippen LogP contribution in [0.25, 0.3) is 10.8 Å². The van der Waals surface area contributed by atoms with E-state index >= 15 is 0 Å². The molecule has 2 aromatic carbocycles. The largest absolute Gasteiger partial charge is 0.454 e. The van der Waals surface area contributed by atoms with E-state index in [0.717, 1.165) is 0 Å². The van der Waals surface area contributed by atoms with Gasteiger partial charge in [-0.15, -0.1) is 0 Å². The fourth-order valence-electron chi connectivity index (χ4n) is 1.82. The molecule has 0 unspecified atom stereocenters. The van der Waals surface area contributed by atoms with Crippen LogP contribution in [0.15, 0.2) is 36.4 Å². The van der Waals surface area contributed by atoms with Crippen molar-refractivity contribution in [3.63, 3.8) is 0 Å². The molecule has 2 aromatic rings. The molecule has 0 bridgehead atoms. The summed E-state index contributed by atoms with van der Waals surface area (Å²) in [5, 5.41) is 0.973. The molecule has 0 saturated carbocycles. The van der Waals surface area contributed by atoms with E-state index < -0.39 is 12.0 Å². The van der Waals surface area contributed by atoms with Gasteiger partial charge >= 0.3 is 6.18 Å². The smallest absolute Gasteiger partial charge is 0.284 e. The molecule has 2 rings (SSSR count). The molecule has 1 nitrogen and oxygen atoms in total. The van der Waals surface area contributed by atoms with Crippen LogP contribution in [0.5, 0.6) is 0 Å². The van der Waals surface area contributed by atoms with Gasteiger partial charge in [-0.05, 0) is 23.3 Å². The van der Waals surface area contributed by atoms with E-state index in [-0.39, 0.29) is 5.56 Å². The molecular weight excluding hydrogens is 229 g/mol. The lowest BCUT2D eigenvalue weighted by atomic mass is 9.96. The van der Waals surface area contributed by atoms with E-state index in [1.165, 1.54) is 19.1 Å². The second kappa shape index (κ2) is 3.87. The molecule has 4 heteroatoms. The van der Waals surface area contributed by atoms with E-state index in [2.05, 4.69) is 0 Å². The third-order valence-corrected chi connectivity index (χ3v) is 2.62. The lowest BCUT2D eigenvalue weighted by Gasteiger charge is -2.11. The highest BCUT2D eigenvalue weighted by molar-refractivity contribution is 6.11. The van der Waals surface area contributed by atoms with Crippen LogP contribution in [0.3, 0.4) is 0 Å². The fraction of sp³-hybridized carbons (Fsp3) is 0.154. The molecule has 0 aliphatic carbocycles. The molecule has 0 spiro atoms. The first kappa shape index (κ1) is 11.6. The Bertz CT molecular complexity index is 585. The van der Waals surface area contributed by atoms with Gasteiger partial charge in [-0.25, -0.2) is 0 Å². The molecule has 17 heavy (non-hydrogen) atoms. The van der Waals surface area contributed by atoms with Gasteiger partial charge in [0.1, 0.15) is 0 Å². The molecule has 0 aliphatic heterocycles. The van der Waals surface area contributed by atoms with Gasteiger partial charge in [0, 0.05) is 5.56 Å². The molecule has 88 valence electrons. The van der Waals surface area contributed by atoms with Crippen LogP contribution >= 0.6 is 0 Å². The fourth-order valence-corrected chi connectivity index (χ4v) is 1.82. The van der Waals surface area contributed by atoms with E-state index in [0.29, 0.717) is 16.3 Å². The summed E-state index contributed by atoms with van der Waals surface area (Å²) in [4.78, 5) is 11.4. The maximum Gasteiger partial charge on any atom is 0.454 e. The van der Waals surface area contributed by atoms with Crippen molar-refractivity contribution in [3.05, 3.63) is 47.5 Å². The highest BCUT2D eigenvalue weighted by Gasteiger charge is 2.40. The summed E-state index contributed by atoms with van der Waals surface area (Å²) in [6.45, 7) is 1.51. The summed E-state index contributed by atoms with van der Waals surface area (Å²) in [6, 6.07) is 9.79. The van der Waals surface area contributed by atoms with Crippen molar-refractivity contribution in [2.45, 2.75) is 13.1 Å². The highest BCUT2D eigenvalue weighted by Crippen LogP contribution is 2.29. The number of fused-ring (bicyclic) bond motifs is 1. The molecular formula is C13H9F3O. The lowest BCUT2D eigenvalue weighted by molar-refractivity contribution is -0.0884. The summed E-state index contributed by atoms with van der Waals surface area (Å²) in [7, 11) is 0. The lowest BCUT2D eigenvalue weighted by Crippen LogP contribution is -2.23. The summed E-state index contributed by atoms with van der Waals surface area (Å²) in [5.41, 5.74) is 0.0848. The quantitative estimate of drug-likeness (QED) is 0.689. The minimum atomic E-state index is -4.84. The van der Waals surface area contributed by atoms with Crippen LogP contribution in [0.1, 0.15) is 15.9 Å². The minimum Gasteiger partial charge on any atom is -0.284 e. The zero-order valence-electron chi connectivity index (χ0n) is 9.01. The zero-order chi connectivity index (χ0) is 12.6. The van der Waals surface area contributed by atoms with Crippen molar-refractivity contribution in [2.75, 3.05) is 0 Å². The third-order valence-electron chi connectivity index (χ3n) is 2.62. The van der Waals surface area contributed by atoms with Crippen LogP contribution in [0, 0.1) is 6.92 Å². The van der Waals surface area contributed by atoms with Crippen molar-refractivity contribution in [1.29, 1.82) is 0 Å². The molecule has 0 atom stereocenters.